The first-order chi connectivity index (χ1) is 10.8. The lowest BCUT2D eigenvalue weighted by Crippen LogP contribution is -2.03. The lowest BCUT2D eigenvalue weighted by Gasteiger charge is -2.17. The third kappa shape index (κ3) is 3.87. The van der Waals surface area contributed by atoms with Gasteiger partial charge >= 0.3 is 5.97 Å². The standard InChI is InChI=1S/C18H16ClIO3/c1-10-6-4-8-13(20)15(10)16-11(2)7-5-9-14(16)23-12(3)17(19)18(21)22/h4-9H,1-3H3,(H,21,22)/b17-12+. The smallest absolute Gasteiger partial charge is 0.350 e. The fraction of sp³-hybridized carbons (Fsp3) is 0.167. The van der Waals surface area contributed by atoms with Gasteiger partial charge in [-0.15, -0.1) is 0 Å². The zero-order valence-corrected chi connectivity index (χ0v) is 15.9. The summed E-state index contributed by atoms with van der Waals surface area (Å²) in [6, 6.07) is 11.8. The molecule has 0 amide bonds. The molecule has 0 saturated carbocycles. The summed E-state index contributed by atoms with van der Waals surface area (Å²) in [7, 11) is 0. The first kappa shape index (κ1) is 17.8. The monoisotopic (exact) mass is 442 g/mol. The fourth-order valence-electron chi connectivity index (χ4n) is 2.36. The van der Waals surface area contributed by atoms with Crippen LogP contribution < -0.4 is 4.74 Å². The molecule has 0 atom stereocenters. The molecular weight excluding hydrogens is 427 g/mol. The number of rotatable bonds is 4. The summed E-state index contributed by atoms with van der Waals surface area (Å²) < 4.78 is 6.88. The summed E-state index contributed by atoms with van der Waals surface area (Å²) >= 11 is 8.06. The van der Waals surface area contributed by atoms with Gasteiger partial charge in [0.25, 0.3) is 0 Å². The van der Waals surface area contributed by atoms with Gasteiger partial charge in [0, 0.05) is 14.7 Å². The molecule has 0 unspecified atom stereocenters. The SMILES string of the molecule is C/C(Oc1cccc(C)c1-c1c(C)cccc1I)=C(\Cl)C(=O)O. The first-order valence-corrected chi connectivity index (χ1v) is 8.41. The topological polar surface area (TPSA) is 46.5 Å². The molecule has 0 aromatic heterocycles. The van der Waals surface area contributed by atoms with E-state index in [1.807, 2.05) is 50.2 Å². The molecule has 0 fully saturated rings. The minimum Gasteiger partial charge on any atom is -0.477 e. The summed E-state index contributed by atoms with van der Waals surface area (Å²) in [6.45, 7) is 5.59. The van der Waals surface area contributed by atoms with Crippen molar-refractivity contribution in [2.24, 2.45) is 0 Å². The number of hydrogen-bond donors (Lipinski definition) is 1. The van der Waals surface area contributed by atoms with E-state index in [9.17, 15) is 4.79 Å². The summed E-state index contributed by atoms with van der Waals surface area (Å²) in [4.78, 5) is 11.0. The number of benzene rings is 2. The van der Waals surface area contributed by atoms with Crippen LogP contribution in [0, 0.1) is 17.4 Å². The Morgan fingerprint density at radius 2 is 1.65 bits per heavy atom. The largest absolute Gasteiger partial charge is 0.477 e. The highest BCUT2D eigenvalue weighted by atomic mass is 127. The Kier molecular flexibility index (Phi) is 5.70. The summed E-state index contributed by atoms with van der Waals surface area (Å²) in [6.07, 6.45) is 0. The minimum absolute atomic E-state index is 0.162. The van der Waals surface area contributed by atoms with Crippen LogP contribution in [0.3, 0.4) is 0 Å². The van der Waals surface area contributed by atoms with Crippen molar-refractivity contribution in [2.45, 2.75) is 20.8 Å². The predicted octanol–water partition coefficient (Wildman–Crippen LogP) is 5.51. The molecular formula is C18H16ClIO3. The molecule has 3 nitrogen and oxygen atoms in total. The number of carboxylic acid groups (broad SMARTS) is 1. The van der Waals surface area contributed by atoms with Crippen molar-refractivity contribution in [3.05, 3.63) is 61.9 Å². The molecule has 5 heteroatoms. The average Bonchev–Trinajstić information content (AvgIpc) is 2.48. The van der Waals surface area contributed by atoms with E-state index in [-0.39, 0.29) is 10.8 Å². The van der Waals surface area contributed by atoms with E-state index in [1.54, 1.807) is 6.92 Å². The van der Waals surface area contributed by atoms with Gasteiger partial charge in [0.15, 0.2) is 5.03 Å². The summed E-state index contributed by atoms with van der Waals surface area (Å²) in [5, 5.41) is 8.67. The van der Waals surface area contributed by atoms with Crippen molar-refractivity contribution in [3.8, 4) is 16.9 Å². The van der Waals surface area contributed by atoms with Gasteiger partial charge < -0.3 is 9.84 Å². The van der Waals surface area contributed by atoms with E-state index in [1.165, 1.54) is 0 Å². The molecule has 0 aliphatic carbocycles. The molecule has 0 aliphatic heterocycles. The minimum atomic E-state index is -1.20. The maximum atomic E-state index is 11.0. The average molecular weight is 443 g/mol. The molecule has 23 heavy (non-hydrogen) atoms. The number of ether oxygens (including phenoxy) is 1. The molecule has 0 radical (unpaired) electrons. The van der Waals surface area contributed by atoms with Gasteiger partial charge in [0.05, 0.1) is 0 Å². The predicted molar refractivity (Wildman–Crippen MR) is 101 cm³/mol. The lowest BCUT2D eigenvalue weighted by atomic mass is 9.96. The third-order valence-corrected chi connectivity index (χ3v) is 4.79. The second-order valence-corrected chi connectivity index (χ2v) is 6.70. The Morgan fingerprint density at radius 1 is 1.09 bits per heavy atom. The van der Waals surface area contributed by atoms with E-state index in [0.717, 1.165) is 25.8 Å². The molecule has 120 valence electrons. The van der Waals surface area contributed by atoms with Crippen molar-refractivity contribution in [2.75, 3.05) is 0 Å². The number of carbonyl (C=O) groups is 1. The van der Waals surface area contributed by atoms with Crippen LogP contribution in [0.25, 0.3) is 11.1 Å². The Balaban J connectivity index is 2.63. The first-order valence-electron chi connectivity index (χ1n) is 6.95. The highest BCUT2D eigenvalue weighted by Crippen LogP contribution is 2.39. The molecule has 2 rings (SSSR count). The number of allylic oxidation sites excluding steroid dienone is 1. The van der Waals surface area contributed by atoms with Crippen LogP contribution in [0.2, 0.25) is 0 Å². The second-order valence-electron chi connectivity index (χ2n) is 5.16. The maximum absolute atomic E-state index is 11.0. The number of hydrogen-bond acceptors (Lipinski definition) is 2. The molecule has 2 aromatic rings. The van der Waals surface area contributed by atoms with Crippen LogP contribution in [-0.2, 0) is 4.79 Å². The number of carboxylic acids is 1. The summed E-state index contributed by atoms with van der Waals surface area (Å²) in [5.41, 5.74) is 4.21. The zero-order valence-electron chi connectivity index (χ0n) is 13.0. The molecule has 0 heterocycles. The normalized spacial score (nSPS) is 11.9. The van der Waals surface area contributed by atoms with Gasteiger partial charge in [-0.1, -0.05) is 35.9 Å². The second kappa shape index (κ2) is 7.36. The molecule has 1 N–H and O–H groups in total. The Labute approximate surface area is 154 Å². The maximum Gasteiger partial charge on any atom is 0.350 e. The van der Waals surface area contributed by atoms with Crippen molar-refractivity contribution >= 4 is 40.2 Å². The lowest BCUT2D eigenvalue weighted by molar-refractivity contribution is -0.132. The highest BCUT2D eigenvalue weighted by Gasteiger charge is 2.17. The summed E-state index contributed by atoms with van der Waals surface area (Å²) in [5.74, 6) is -0.451. The van der Waals surface area contributed by atoms with Crippen LogP contribution in [0.4, 0.5) is 0 Å². The molecule has 0 saturated heterocycles. The zero-order chi connectivity index (χ0) is 17.1. The van der Waals surface area contributed by atoms with Crippen LogP contribution in [0.1, 0.15) is 18.1 Å². The van der Waals surface area contributed by atoms with Crippen molar-refractivity contribution < 1.29 is 14.6 Å². The quantitative estimate of drug-likeness (QED) is 0.386. The van der Waals surface area contributed by atoms with Gasteiger partial charge in [0.2, 0.25) is 0 Å². The van der Waals surface area contributed by atoms with Crippen molar-refractivity contribution in [1.82, 2.24) is 0 Å². The van der Waals surface area contributed by atoms with Crippen LogP contribution >= 0.6 is 34.2 Å². The van der Waals surface area contributed by atoms with Gasteiger partial charge in [-0.2, -0.15) is 0 Å². The highest BCUT2D eigenvalue weighted by molar-refractivity contribution is 14.1. The number of halogens is 2. The fourth-order valence-corrected chi connectivity index (χ4v) is 3.30. The van der Waals surface area contributed by atoms with Gasteiger partial charge in [-0.3, -0.25) is 0 Å². The van der Waals surface area contributed by atoms with Crippen LogP contribution in [-0.4, -0.2) is 11.1 Å². The van der Waals surface area contributed by atoms with Gasteiger partial charge in [-0.25, -0.2) is 4.79 Å². The van der Waals surface area contributed by atoms with E-state index in [2.05, 4.69) is 22.6 Å². The van der Waals surface area contributed by atoms with E-state index in [0.29, 0.717) is 5.75 Å². The number of aliphatic carboxylic acids is 1. The Bertz CT molecular complexity index is 777. The number of aryl methyl sites for hydroxylation is 2. The van der Waals surface area contributed by atoms with E-state index >= 15 is 0 Å². The van der Waals surface area contributed by atoms with E-state index < -0.39 is 5.97 Å². The van der Waals surface area contributed by atoms with E-state index in [4.69, 9.17) is 21.4 Å². The van der Waals surface area contributed by atoms with Crippen LogP contribution in [0.5, 0.6) is 5.75 Å². The van der Waals surface area contributed by atoms with Gasteiger partial charge in [-0.05, 0) is 66.6 Å². The molecule has 0 bridgehead atoms. The molecule has 2 aromatic carbocycles. The molecule has 0 aliphatic rings. The Hall–Kier alpha value is -1.53. The van der Waals surface area contributed by atoms with Crippen LogP contribution in [0.15, 0.2) is 47.2 Å². The third-order valence-electron chi connectivity index (χ3n) is 3.47. The van der Waals surface area contributed by atoms with Gasteiger partial charge in [0.1, 0.15) is 11.5 Å². The molecule has 0 spiro atoms. The van der Waals surface area contributed by atoms with Crippen molar-refractivity contribution in [1.29, 1.82) is 0 Å². The van der Waals surface area contributed by atoms with Crippen molar-refractivity contribution in [3.63, 3.8) is 0 Å². The Morgan fingerprint density at radius 3 is 2.22 bits per heavy atom.